The van der Waals surface area contributed by atoms with Gasteiger partial charge < -0.3 is 0 Å². The lowest BCUT2D eigenvalue weighted by molar-refractivity contribution is -0.500. The van der Waals surface area contributed by atoms with Crippen LogP contribution >= 0.6 is 8.07 Å². The fourth-order valence-electron chi connectivity index (χ4n) is 4.53. The summed E-state index contributed by atoms with van der Waals surface area (Å²) in [7, 11) is -0.272. The van der Waals surface area contributed by atoms with Crippen LogP contribution in [0.3, 0.4) is 0 Å². The van der Waals surface area contributed by atoms with Crippen LogP contribution in [0.25, 0.3) is 0 Å². The highest BCUT2D eigenvalue weighted by Crippen LogP contribution is 2.39. The van der Waals surface area contributed by atoms with Crippen molar-refractivity contribution in [2.24, 2.45) is 0 Å². The Balaban J connectivity index is 2.03. The first kappa shape index (κ1) is 22.3. The fourth-order valence-corrected chi connectivity index (χ4v) is 7.31. The lowest BCUT2D eigenvalue weighted by Crippen LogP contribution is -2.87. The van der Waals surface area contributed by atoms with Gasteiger partial charge in [-0.25, -0.2) is 10.2 Å². The molecule has 2 aromatic rings. The molecular formula is C26H40N2P+. The predicted molar refractivity (Wildman–Crippen MR) is 130 cm³/mol. The molecule has 0 saturated carbocycles. The Morgan fingerprint density at radius 3 is 1.52 bits per heavy atom. The SMILES string of the molecule is CC(C)c1cccc(C(C)C)c1N1CCP(c2c(C(C)C)cccc2C(C)C)[NH2+]1. The number of hydrogen-bond acceptors (Lipinski definition) is 1. The summed E-state index contributed by atoms with van der Waals surface area (Å²) in [6, 6.07) is 13.9. The van der Waals surface area contributed by atoms with E-state index in [1.165, 1.54) is 23.0 Å². The van der Waals surface area contributed by atoms with Gasteiger partial charge in [-0.2, -0.15) is 0 Å². The summed E-state index contributed by atoms with van der Waals surface area (Å²) in [4.78, 5) is 0. The molecule has 1 heterocycles. The molecule has 1 unspecified atom stereocenters. The molecule has 0 radical (unpaired) electrons. The lowest BCUT2D eigenvalue weighted by atomic mass is 9.92. The molecule has 1 saturated heterocycles. The maximum Gasteiger partial charge on any atom is 0.160 e. The van der Waals surface area contributed by atoms with Crippen LogP contribution in [-0.2, 0) is 0 Å². The minimum absolute atomic E-state index is 0.272. The van der Waals surface area contributed by atoms with Crippen LogP contribution in [0.1, 0.15) is 101 Å². The van der Waals surface area contributed by atoms with Crippen LogP contribution in [0.2, 0.25) is 0 Å². The average Bonchev–Trinajstić information content (AvgIpc) is 3.15. The molecule has 0 aromatic heterocycles. The van der Waals surface area contributed by atoms with Gasteiger partial charge in [0.25, 0.3) is 0 Å². The van der Waals surface area contributed by atoms with Crippen molar-refractivity contribution in [1.82, 2.24) is 0 Å². The van der Waals surface area contributed by atoms with Crippen molar-refractivity contribution in [2.75, 3.05) is 17.7 Å². The number of quaternary nitrogens is 1. The molecule has 1 atom stereocenters. The third-order valence-electron chi connectivity index (χ3n) is 6.12. The molecule has 2 N–H and O–H groups in total. The minimum atomic E-state index is -0.272. The van der Waals surface area contributed by atoms with E-state index in [4.69, 9.17) is 0 Å². The number of rotatable bonds is 6. The summed E-state index contributed by atoms with van der Waals surface area (Å²) in [5, 5.41) is 6.87. The van der Waals surface area contributed by atoms with Crippen LogP contribution in [-0.4, -0.2) is 12.7 Å². The van der Waals surface area contributed by atoms with Gasteiger partial charge in [-0.1, -0.05) is 91.8 Å². The van der Waals surface area contributed by atoms with E-state index in [1.807, 2.05) is 0 Å². The Morgan fingerprint density at radius 2 is 1.10 bits per heavy atom. The first-order valence-electron chi connectivity index (χ1n) is 11.4. The van der Waals surface area contributed by atoms with Crippen molar-refractivity contribution < 1.29 is 5.20 Å². The molecule has 1 aliphatic rings. The van der Waals surface area contributed by atoms with Crippen molar-refractivity contribution in [3.63, 3.8) is 0 Å². The third kappa shape index (κ3) is 4.54. The van der Waals surface area contributed by atoms with E-state index in [9.17, 15) is 0 Å². The maximum absolute atomic E-state index is 2.61. The fraction of sp³-hybridized carbons (Fsp3) is 0.538. The van der Waals surface area contributed by atoms with E-state index in [-0.39, 0.29) is 8.07 Å². The second-order valence-electron chi connectivity index (χ2n) is 9.69. The van der Waals surface area contributed by atoms with Gasteiger partial charge in [0.2, 0.25) is 0 Å². The predicted octanol–water partition coefficient (Wildman–Crippen LogP) is 6.20. The molecule has 0 spiro atoms. The van der Waals surface area contributed by atoms with Gasteiger partial charge in [0.05, 0.1) is 12.2 Å². The number of nitrogens with two attached hydrogens (primary N) is 1. The molecule has 2 nitrogen and oxygen atoms in total. The van der Waals surface area contributed by atoms with Gasteiger partial charge in [0.1, 0.15) is 0 Å². The monoisotopic (exact) mass is 411 g/mol. The van der Waals surface area contributed by atoms with Crippen LogP contribution in [0.4, 0.5) is 5.69 Å². The van der Waals surface area contributed by atoms with Crippen LogP contribution in [0.15, 0.2) is 36.4 Å². The number of benzene rings is 2. The Morgan fingerprint density at radius 1 is 0.690 bits per heavy atom. The molecule has 0 bridgehead atoms. The molecule has 158 valence electrons. The molecule has 29 heavy (non-hydrogen) atoms. The number of nitrogens with zero attached hydrogens (tertiary/aromatic N) is 1. The van der Waals surface area contributed by atoms with Gasteiger partial charge in [-0.3, -0.25) is 0 Å². The molecule has 2 aromatic carbocycles. The number of anilines is 1. The quantitative estimate of drug-likeness (QED) is 0.443. The van der Waals surface area contributed by atoms with E-state index in [0.29, 0.717) is 23.7 Å². The van der Waals surface area contributed by atoms with Gasteiger partial charge in [0, 0.05) is 11.5 Å². The molecule has 0 aliphatic carbocycles. The van der Waals surface area contributed by atoms with Gasteiger partial charge in [0.15, 0.2) is 8.07 Å². The lowest BCUT2D eigenvalue weighted by Gasteiger charge is -2.27. The van der Waals surface area contributed by atoms with Crippen molar-refractivity contribution in [3.05, 3.63) is 58.7 Å². The summed E-state index contributed by atoms with van der Waals surface area (Å²) < 4.78 is 0. The van der Waals surface area contributed by atoms with E-state index < -0.39 is 0 Å². The zero-order chi connectivity index (χ0) is 21.3. The van der Waals surface area contributed by atoms with Gasteiger partial charge >= 0.3 is 0 Å². The summed E-state index contributed by atoms with van der Waals surface area (Å²) in [5.74, 6) is 2.22. The van der Waals surface area contributed by atoms with Crippen molar-refractivity contribution in [2.45, 2.75) is 79.1 Å². The first-order chi connectivity index (χ1) is 13.7. The van der Waals surface area contributed by atoms with Crippen molar-refractivity contribution >= 4 is 19.1 Å². The van der Waals surface area contributed by atoms with Crippen LogP contribution in [0, 0.1) is 0 Å². The normalized spacial score (nSPS) is 17.4. The Bertz CT molecular complexity index is 717. The highest BCUT2D eigenvalue weighted by Gasteiger charge is 2.35. The van der Waals surface area contributed by atoms with E-state index in [1.54, 1.807) is 16.4 Å². The summed E-state index contributed by atoms with van der Waals surface area (Å²) in [6.07, 6.45) is 1.27. The average molecular weight is 412 g/mol. The van der Waals surface area contributed by atoms with Crippen LogP contribution < -0.4 is 15.5 Å². The maximum atomic E-state index is 2.61. The second kappa shape index (κ2) is 9.19. The summed E-state index contributed by atoms with van der Waals surface area (Å²) >= 11 is 0. The van der Waals surface area contributed by atoms with E-state index in [0.717, 1.165) is 6.54 Å². The third-order valence-corrected chi connectivity index (χ3v) is 8.45. The molecule has 1 fully saturated rings. The largest absolute Gasteiger partial charge is 0.226 e. The standard InChI is InChI=1S/C26H39N2P/c1-17(2)21-11-9-12-22(18(3)4)25(21)28-15-16-29(27-28)26-23(19(5)6)13-10-14-24(26)20(7)8/h9-14,17-20,27H,15-16H2,1-8H3/p+1. The van der Waals surface area contributed by atoms with Crippen LogP contribution in [0.5, 0.6) is 0 Å². The minimum Gasteiger partial charge on any atom is -0.226 e. The second-order valence-corrected chi connectivity index (χ2v) is 11.8. The molecule has 1 aliphatic heterocycles. The number of para-hydroxylation sites is 1. The number of hydrogen-bond donors (Lipinski definition) is 1. The zero-order valence-electron chi connectivity index (χ0n) is 19.7. The zero-order valence-corrected chi connectivity index (χ0v) is 20.6. The summed E-state index contributed by atoms with van der Waals surface area (Å²) in [6.45, 7) is 19.8. The Kier molecular flexibility index (Phi) is 7.07. The topological polar surface area (TPSA) is 19.9 Å². The van der Waals surface area contributed by atoms with Crippen molar-refractivity contribution in [3.8, 4) is 0 Å². The first-order valence-corrected chi connectivity index (χ1v) is 13.0. The van der Waals surface area contributed by atoms with Gasteiger partial charge in [-0.15, -0.1) is 0 Å². The van der Waals surface area contributed by atoms with Gasteiger partial charge in [-0.05, 0) is 45.9 Å². The highest BCUT2D eigenvalue weighted by atomic mass is 31.1. The molecule has 3 rings (SSSR count). The van der Waals surface area contributed by atoms with E-state index >= 15 is 0 Å². The molecule has 0 amide bonds. The highest BCUT2D eigenvalue weighted by molar-refractivity contribution is 7.59. The van der Waals surface area contributed by atoms with E-state index in [2.05, 4.69) is 102 Å². The Labute approximate surface area is 179 Å². The van der Waals surface area contributed by atoms with Crippen molar-refractivity contribution in [1.29, 1.82) is 0 Å². The smallest absolute Gasteiger partial charge is 0.160 e. The Hall–Kier alpha value is -1.37. The summed E-state index contributed by atoms with van der Waals surface area (Å²) in [5.41, 5.74) is 7.58. The molecule has 3 heteroatoms. The molecular weight excluding hydrogens is 371 g/mol.